The van der Waals surface area contributed by atoms with Crippen molar-refractivity contribution in [2.45, 2.75) is 12.5 Å². The second-order valence-corrected chi connectivity index (χ2v) is 4.67. The lowest BCUT2D eigenvalue weighted by molar-refractivity contribution is -0.138. The van der Waals surface area contributed by atoms with Crippen LogP contribution in [0.4, 0.5) is 5.82 Å². The molecule has 6 heteroatoms. The number of nitrogens with zero attached hydrogens (tertiary/aromatic N) is 2. The Hall–Kier alpha value is -2.21. The molecule has 1 unspecified atom stereocenters. The highest BCUT2D eigenvalue weighted by Gasteiger charge is 2.22. The molecule has 0 aliphatic heterocycles. The van der Waals surface area contributed by atoms with Crippen LogP contribution < -0.4 is 10.6 Å². The fraction of sp³-hybridized carbons (Fsp3) is 0.308. The van der Waals surface area contributed by atoms with E-state index in [2.05, 4.69) is 0 Å². The zero-order valence-corrected chi connectivity index (χ0v) is 10.9. The number of benzene rings is 1. The Labute approximate surface area is 110 Å². The molecule has 4 N–H and O–H groups in total. The fourth-order valence-corrected chi connectivity index (χ4v) is 2.24. The smallest absolute Gasteiger partial charge is 0.320 e. The quantitative estimate of drug-likeness (QED) is 0.713. The summed E-state index contributed by atoms with van der Waals surface area (Å²) < 4.78 is 1.07. The number of anilines is 1. The summed E-state index contributed by atoms with van der Waals surface area (Å²) in [6.45, 7) is 0. The molecule has 0 spiro atoms. The van der Waals surface area contributed by atoms with E-state index < -0.39 is 12.0 Å². The van der Waals surface area contributed by atoms with E-state index in [1.165, 1.54) is 0 Å². The van der Waals surface area contributed by atoms with Gasteiger partial charge in [-0.3, -0.25) is 4.79 Å². The Bertz CT molecular complexity index is 619. The second kappa shape index (κ2) is 4.81. The maximum Gasteiger partial charge on any atom is 0.320 e. The predicted octanol–water partition coefficient (Wildman–Crippen LogP) is 0.899. The minimum Gasteiger partial charge on any atom is -0.480 e. The Morgan fingerprint density at radius 1 is 1.42 bits per heavy atom. The van der Waals surface area contributed by atoms with Crippen LogP contribution in [0.3, 0.4) is 0 Å². The van der Waals surface area contributed by atoms with Gasteiger partial charge in [0, 0.05) is 31.5 Å². The molecule has 0 saturated carbocycles. The monoisotopic (exact) mass is 263 g/mol. The van der Waals surface area contributed by atoms with Crippen LogP contribution in [0.2, 0.25) is 0 Å². The van der Waals surface area contributed by atoms with Crippen LogP contribution in [0.1, 0.15) is 5.56 Å². The number of fused-ring (bicyclic) bond motifs is 1. The van der Waals surface area contributed by atoms with Crippen molar-refractivity contribution < 1.29 is 15.1 Å². The van der Waals surface area contributed by atoms with Gasteiger partial charge in [0.05, 0.1) is 5.52 Å². The molecule has 1 atom stereocenters. The summed E-state index contributed by atoms with van der Waals surface area (Å²) in [5.74, 6) is -0.502. The zero-order chi connectivity index (χ0) is 14.2. The van der Waals surface area contributed by atoms with Gasteiger partial charge in [0.25, 0.3) is 0 Å². The van der Waals surface area contributed by atoms with Gasteiger partial charge < -0.3 is 20.9 Å². The van der Waals surface area contributed by atoms with E-state index >= 15 is 0 Å². The minimum atomic E-state index is -1.06. The van der Waals surface area contributed by atoms with Crippen molar-refractivity contribution in [1.29, 1.82) is 0 Å². The van der Waals surface area contributed by atoms with Gasteiger partial charge in [-0.25, -0.2) is 0 Å². The van der Waals surface area contributed by atoms with Crippen molar-refractivity contribution in [1.82, 2.24) is 4.73 Å². The number of carboxylic acids is 1. The highest BCUT2D eigenvalue weighted by molar-refractivity contribution is 5.90. The predicted molar refractivity (Wildman–Crippen MR) is 72.8 cm³/mol. The lowest BCUT2D eigenvalue weighted by Gasteiger charge is -2.16. The van der Waals surface area contributed by atoms with E-state index in [0.29, 0.717) is 11.3 Å². The molecule has 0 aliphatic carbocycles. The number of hydrogen-bond donors (Lipinski definition) is 3. The number of rotatable bonds is 4. The molecule has 0 aliphatic rings. The van der Waals surface area contributed by atoms with E-state index in [4.69, 9.17) is 10.8 Å². The van der Waals surface area contributed by atoms with Crippen LogP contribution in [-0.2, 0) is 11.2 Å². The third kappa shape index (κ3) is 2.22. The summed E-state index contributed by atoms with van der Waals surface area (Å²) in [6.07, 6.45) is 0.164. The standard InChI is InChI=1S/C13H17N3O3/c1-15(2)12-9(7-10(14)13(17)18)8-5-3-4-6-11(8)16(12)19/h3-6,10,19H,7,14H2,1-2H3,(H,17,18). The third-order valence-corrected chi connectivity index (χ3v) is 3.09. The summed E-state index contributed by atoms with van der Waals surface area (Å²) in [4.78, 5) is 12.7. The number of hydrogen-bond acceptors (Lipinski definition) is 4. The molecule has 0 bridgehead atoms. The summed E-state index contributed by atoms with van der Waals surface area (Å²) in [6, 6.07) is 6.29. The van der Waals surface area contributed by atoms with Crippen LogP contribution in [0.5, 0.6) is 0 Å². The maximum atomic E-state index is 10.9. The molecule has 102 valence electrons. The van der Waals surface area contributed by atoms with Crippen molar-refractivity contribution in [3.63, 3.8) is 0 Å². The average Bonchev–Trinajstić information content (AvgIpc) is 2.63. The van der Waals surface area contributed by atoms with Crippen molar-refractivity contribution >= 4 is 22.7 Å². The van der Waals surface area contributed by atoms with E-state index in [1.54, 1.807) is 25.1 Å². The molecular formula is C13H17N3O3. The molecule has 1 aromatic carbocycles. The van der Waals surface area contributed by atoms with Crippen LogP contribution in [-0.4, -0.2) is 41.2 Å². The summed E-state index contributed by atoms with van der Waals surface area (Å²) in [5, 5.41) is 19.9. The second-order valence-electron chi connectivity index (χ2n) is 4.67. The van der Waals surface area contributed by atoms with Crippen LogP contribution in [0, 0.1) is 0 Å². The molecule has 0 amide bonds. The van der Waals surface area contributed by atoms with E-state index in [1.807, 2.05) is 18.2 Å². The SMILES string of the molecule is CN(C)c1c(CC(N)C(=O)O)c2ccccc2n1O. The fourth-order valence-electron chi connectivity index (χ4n) is 2.24. The Morgan fingerprint density at radius 3 is 2.63 bits per heavy atom. The lowest BCUT2D eigenvalue weighted by atomic mass is 10.0. The highest BCUT2D eigenvalue weighted by atomic mass is 16.5. The Kier molecular flexibility index (Phi) is 3.35. The molecule has 1 heterocycles. The summed E-state index contributed by atoms with van der Waals surface area (Å²) >= 11 is 0. The largest absolute Gasteiger partial charge is 0.480 e. The number of carbonyl (C=O) groups is 1. The van der Waals surface area contributed by atoms with Gasteiger partial charge in [-0.15, -0.1) is 0 Å². The first-order valence-corrected chi connectivity index (χ1v) is 5.90. The van der Waals surface area contributed by atoms with Gasteiger partial charge in [0.2, 0.25) is 0 Å². The van der Waals surface area contributed by atoms with Gasteiger partial charge >= 0.3 is 5.97 Å². The van der Waals surface area contributed by atoms with Crippen molar-refractivity contribution in [2.24, 2.45) is 5.73 Å². The lowest BCUT2D eigenvalue weighted by Crippen LogP contribution is -2.32. The number of carboxylic acid groups (broad SMARTS) is 1. The van der Waals surface area contributed by atoms with Crippen molar-refractivity contribution in [3.8, 4) is 0 Å². The molecular weight excluding hydrogens is 246 g/mol. The third-order valence-electron chi connectivity index (χ3n) is 3.09. The first kappa shape index (κ1) is 13.2. The van der Waals surface area contributed by atoms with Crippen LogP contribution in [0.15, 0.2) is 24.3 Å². The first-order chi connectivity index (χ1) is 8.93. The average molecular weight is 263 g/mol. The Balaban J connectivity index is 2.62. The maximum absolute atomic E-state index is 10.9. The van der Waals surface area contributed by atoms with Gasteiger partial charge in [0.1, 0.15) is 11.9 Å². The number of aliphatic carboxylic acids is 1. The van der Waals surface area contributed by atoms with Gasteiger partial charge in [-0.1, -0.05) is 18.2 Å². The van der Waals surface area contributed by atoms with E-state index in [0.717, 1.165) is 15.7 Å². The first-order valence-electron chi connectivity index (χ1n) is 5.90. The molecule has 0 saturated heterocycles. The van der Waals surface area contributed by atoms with Crippen molar-refractivity contribution in [3.05, 3.63) is 29.8 Å². The highest BCUT2D eigenvalue weighted by Crippen LogP contribution is 2.31. The molecule has 1 aromatic heterocycles. The minimum absolute atomic E-state index is 0.164. The molecule has 0 fully saturated rings. The Morgan fingerprint density at radius 2 is 2.05 bits per heavy atom. The number of nitrogens with two attached hydrogens (primary N) is 1. The van der Waals surface area contributed by atoms with E-state index in [9.17, 15) is 10.0 Å². The number of para-hydroxylation sites is 1. The molecule has 19 heavy (non-hydrogen) atoms. The molecule has 2 aromatic rings. The van der Waals surface area contributed by atoms with E-state index in [-0.39, 0.29) is 6.42 Å². The van der Waals surface area contributed by atoms with Gasteiger partial charge in [-0.05, 0) is 6.07 Å². The van der Waals surface area contributed by atoms with Crippen LogP contribution >= 0.6 is 0 Å². The summed E-state index contributed by atoms with van der Waals surface area (Å²) in [5.41, 5.74) is 6.98. The van der Waals surface area contributed by atoms with Gasteiger partial charge in [0.15, 0.2) is 0 Å². The zero-order valence-electron chi connectivity index (χ0n) is 10.9. The molecule has 0 radical (unpaired) electrons. The summed E-state index contributed by atoms with van der Waals surface area (Å²) in [7, 11) is 3.58. The van der Waals surface area contributed by atoms with Gasteiger partial charge in [-0.2, -0.15) is 4.73 Å². The number of aromatic nitrogens is 1. The topological polar surface area (TPSA) is 91.7 Å². The molecule has 2 rings (SSSR count). The molecule has 6 nitrogen and oxygen atoms in total. The van der Waals surface area contributed by atoms with Crippen molar-refractivity contribution in [2.75, 3.05) is 19.0 Å². The normalized spacial score (nSPS) is 12.6. The van der Waals surface area contributed by atoms with Crippen LogP contribution in [0.25, 0.3) is 10.9 Å².